The fourth-order valence-corrected chi connectivity index (χ4v) is 4.94. The molecule has 28 heavy (non-hydrogen) atoms. The molecule has 0 radical (unpaired) electrons. The van der Waals surface area contributed by atoms with E-state index in [-0.39, 0.29) is 0 Å². The van der Waals surface area contributed by atoms with Crippen LogP contribution in [0.2, 0.25) is 0 Å². The summed E-state index contributed by atoms with van der Waals surface area (Å²) in [4.78, 5) is 9.67. The number of piperidine rings is 1. The number of hydrogen-bond acceptors (Lipinski definition) is 4. The molecule has 2 N–H and O–H groups in total. The molecule has 1 saturated carbocycles. The van der Waals surface area contributed by atoms with Crippen molar-refractivity contribution in [1.82, 2.24) is 20.4 Å². The van der Waals surface area contributed by atoms with E-state index < -0.39 is 0 Å². The molecule has 0 spiro atoms. The fraction of sp³-hybridized carbons (Fsp3) is 0.955. The lowest BCUT2D eigenvalue weighted by atomic mass is 9.88. The summed E-state index contributed by atoms with van der Waals surface area (Å²) in [6.07, 6.45) is 9.74. The van der Waals surface area contributed by atoms with Crippen molar-refractivity contribution in [3.63, 3.8) is 0 Å². The molecular weight excluding hydrogens is 350 g/mol. The summed E-state index contributed by atoms with van der Waals surface area (Å²) in [5.74, 6) is 2.54. The Hall–Kier alpha value is -0.850. The van der Waals surface area contributed by atoms with E-state index in [9.17, 15) is 0 Å². The smallest absolute Gasteiger partial charge is 0.191 e. The van der Waals surface area contributed by atoms with Crippen LogP contribution in [-0.4, -0.2) is 87.9 Å². The third kappa shape index (κ3) is 7.53. The predicted molar refractivity (Wildman–Crippen MR) is 117 cm³/mol. The third-order valence-corrected chi connectivity index (χ3v) is 6.68. The molecule has 6 heteroatoms. The molecular formula is C22H43N5O. The van der Waals surface area contributed by atoms with E-state index in [1.165, 1.54) is 64.6 Å². The second-order valence-corrected chi connectivity index (χ2v) is 9.19. The van der Waals surface area contributed by atoms with Gasteiger partial charge in [0, 0.05) is 58.9 Å². The van der Waals surface area contributed by atoms with Crippen molar-refractivity contribution in [2.24, 2.45) is 16.8 Å². The second kappa shape index (κ2) is 12.0. The summed E-state index contributed by atoms with van der Waals surface area (Å²) in [6.45, 7) is 12.1. The van der Waals surface area contributed by atoms with Crippen LogP contribution in [-0.2, 0) is 4.74 Å². The molecule has 2 aliphatic heterocycles. The molecule has 0 aromatic rings. The van der Waals surface area contributed by atoms with E-state index >= 15 is 0 Å². The lowest BCUT2D eigenvalue weighted by Gasteiger charge is -2.36. The molecule has 0 amide bonds. The topological polar surface area (TPSA) is 52.1 Å². The predicted octanol–water partition coefficient (Wildman–Crippen LogP) is 2.16. The number of nitrogens with zero attached hydrogens (tertiary/aromatic N) is 3. The minimum Gasteiger partial charge on any atom is -0.379 e. The Morgan fingerprint density at radius 1 is 1.00 bits per heavy atom. The Morgan fingerprint density at radius 3 is 2.39 bits per heavy atom. The van der Waals surface area contributed by atoms with Gasteiger partial charge in [-0.1, -0.05) is 26.2 Å². The van der Waals surface area contributed by atoms with E-state index in [0.717, 1.165) is 51.3 Å². The van der Waals surface area contributed by atoms with Crippen molar-refractivity contribution in [2.75, 3.05) is 66.1 Å². The first-order valence-corrected chi connectivity index (χ1v) is 11.7. The Kier molecular flexibility index (Phi) is 9.35. The van der Waals surface area contributed by atoms with Gasteiger partial charge in [-0.15, -0.1) is 0 Å². The highest BCUT2D eigenvalue weighted by Crippen LogP contribution is 2.25. The van der Waals surface area contributed by atoms with Gasteiger partial charge in [-0.05, 0) is 37.5 Å². The minimum absolute atomic E-state index is 0.559. The Bertz CT molecular complexity index is 452. The number of nitrogens with one attached hydrogen (secondary N) is 2. The highest BCUT2D eigenvalue weighted by Gasteiger charge is 2.23. The van der Waals surface area contributed by atoms with Gasteiger partial charge in [-0.3, -0.25) is 9.89 Å². The minimum atomic E-state index is 0.559. The first-order valence-electron chi connectivity index (χ1n) is 11.7. The Labute approximate surface area is 172 Å². The summed E-state index contributed by atoms with van der Waals surface area (Å²) < 4.78 is 5.44. The van der Waals surface area contributed by atoms with Crippen LogP contribution in [0.3, 0.4) is 0 Å². The second-order valence-electron chi connectivity index (χ2n) is 9.19. The molecule has 162 valence electrons. The van der Waals surface area contributed by atoms with Crippen LogP contribution in [0.25, 0.3) is 0 Å². The van der Waals surface area contributed by atoms with Crippen molar-refractivity contribution in [3.8, 4) is 0 Å². The summed E-state index contributed by atoms with van der Waals surface area (Å²) >= 11 is 0. The zero-order valence-electron chi connectivity index (χ0n) is 18.3. The van der Waals surface area contributed by atoms with Crippen molar-refractivity contribution >= 4 is 5.96 Å². The van der Waals surface area contributed by atoms with E-state index in [0.29, 0.717) is 12.0 Å². The van der Waals surface area contributed by atoms with Gasteiger partial charge >= 0.3 is 0 Å². The highest BCUT2D eigenvalue weighted by molar-refractivity contribution is 5.79. The molecule has 3 rings (SSSR count). The van der Waals surface area contributed by atoms with Gasteiger partial charge in [-0.2, -0.15) is 0 Å². The maximum absolute atomic E-state index is 5.44. The number of ether oxygens (including phenoxy) is 1. The van der Waals surface area contributed by atoms with Crippen LogP contribution < -0.4 is 10.6 Å². The van der Waals surface area contributed by atoms with Crippen LogP contribution >= 0.6 is 0 Å². The molecule has 1 atom stereocenters. The number of morpholine rings is 1. The number of aliphatic imine (C=N–C) groups is 1. The van der Waals surface area contributed by atoms with Gasteiger partial charge in [0.2, 0.25) is 0 Å². The standard InChI is InChI=1S/C22H43N5O/c1-19(17-27-12-14-28-15-13-27)16-24-22(23-2)25-21-8-10-26(11-9-21)18-20-6-4-3-5-7-20/h19-21H,3-18H2,1-2H3,(H2,23,24,25). The van der Waals surface area contributed by atoms with E-state index in [2.05, 4.69) is 32.3 Å². The van der Waals surface area contributed by atoms with Crippen LogP contribution in [0.4, 0.5) is 0 Å². The molecule has 0 aromatic heterocycles. The number of hydrogen-bond donors (Lipinski definition) is 2. The maximum atomic E-state index is 5.44. The molecule has 2 heterocycles. The van der Waals surface area contributed by atoms with Crippen molar-refractivity contribution < 1.29 is 4.74 Å². The maximum Gasteiger partial charge on any atom is 0.191 e. The molecule has 1 unspecified atom stereocenters. The zero-order chi connectivity index (χ0) is 19.6. The van der Waals surface area contributed by atoms with Gasteiger partial charge in [0.15, 0.2) is 5.96 Å². The monoisotopic (exact) mass is 393 g/mol. The molecule has 6 nitrogen and oxygen atoms in total. The number of guanidine groups is 1. The van der Waals surface area contributed by atoms with Crippen LogP contribution in [0.1, 0.15) is 51.9 Å². The van der Waals surface area contributed by atoms with E-state index in [1.807, 2.05) is 7.05 Å². The summed E-state index contributed by atoms with van der Waals surface area (Å²) in [7, 11) is 1.89. The first-order chi connectivity index (χ1) is 13.7. The average Bonchev–Trinajstić information content (AvgIpc) is 2.74. The highest BCUT2D eigenvalue weighted by atomic mass is 16.5. The summed E-state index contributed by atoms with van der Waals surface area (Å²) in [5, 5.41) is 7.22. The van der Waals surface area contributed by atoms with Crippen LogP contribution in [0, 0.1) is 11.8 Å². The molecule has 1 aliphatic carbocycles. The van der Waals surface area contributed by atoms with Crippen molar-refractivity contribution in [1.29, 1.82) is 0 Å². The van der Waals surface area contributed by atoms with Crippen LogP contribution in [0.5, 0.6) is 0 Å². The van der Waals surface area contributed by atoms with Gasteiger partial charge in [-0.25, -0.2) is 0 Å². The average molecular weight is 394 g/mol. The molecule has 3 fully saturated rings. The lowest BCUT2D eigenvalue weighted by Crippen LogP contribution is -2.50. The fourth-order valence-electron chi connectivity index (χ4n) is 4.94. The largest absolute Gasteiger partial charge is 0.379 e. The lowest BCUT2D eigenvalue weighted by molar-refractivity contribution is 0.0320. The van der Waals surface area contributed by atoms with Crippen molar-refractivity contribution in [2.45, 2.75) is 57.9 Å². The first kappa shape index (κ1) is 21.8. The van der Waals surface area contributed by atoms with Gasteiger partial charge in [0.1, 0.15) is 0 Å². The molecule has 0 bridgehead atoms. The summed E-state index contributed by atoms with van der Waals surface area (Å²) in [5.41, 5.74) is 0. The molecule has 0 aromatic carbocycles. The quantitative estimate of drug-likeness (QED) is 0.513. The molecule has 3 aliphatic rings. The van der Waals surface area contributed by atoms with Gasteiger partial charge < -0.3 is 20.3 Å². The van der Waals surface area contributed by atoms with Crippen LogP contribution in [0.15, 0.2) is 4.99 Å². The zero-order valence-corrected chi connectivity index (χ0v) is 18.3. The third-order valence-electron chi connectivity index (χ3n) is 6.68. The van der Waals surface area contributed by atoms with Gasteiger partial charge in [0.05, 0.1) is 13.2 Å². The van der Waals surface area contributed by atoms with E-state index in [4.69, 9.17) is 4.74 Å². The normalized spacial score (nSPS) is 25.6. The van der Waals surface area contributed by atoms with Gasteiger partial charge in [0.25, 0.3) is 0 Å². The SMILES string of the molecule is CN=C(NCC(C)CN1CCOCC1)NC1CCN(CC2CCCCC2)CC1. The number of likely N-dealkylation sites (tertiary alicyclic amines) is 1. The Morgan fingerprint density at radius 2 is 1.71 bits per heavy atom. The molecule has 2 saturated heterocycles. The Balaban J connectivity index is 1.30. The summed E-state index contributed by atoms with van der Waals surface area (Å²) in [6, 6.07) is 0.559. The van der Waals surface area contributed by atoms with Crippen molar-refractivity contribution in [3.05, 3.63) is 0 Å². The number of rotatable bonds is 7. The van der Waals surface area contributed by atoms with E-state index in [1.54, 1.807) is 0 Å².